The van der Waals surface area contributed by atoms with Crippen LogP contribution in [0.4, 0.5) is 5.69 Å². The Morgan fingerprint density at radius 3 is 2.36 bits per heavy atom. The van der Waals surface area contributed by atoms with Gasteiger partial charge in [0, 0.05) is 11.4 Å². The lowest BCUT2D eigenvalue weighted by molar-refractivity contribution is -0.137. The third-order valence-electron chi connectivity index (χ3n) is 3.59. The fraction of sp³-hybridized carbons (Fsp3) is 0.250. The van der Waals surface area contributed by atoms with Crippen molar-refractivity contribution in [2.75, 3.05) is 31.0 Å². The molecule has 0 saturated carbocycles. The normalized spacial score (nSPS) is 10.1. The summed E-state index contributed by atoms with van der Waals surface area (Å²) in [4.78, 5) is 35.2. The lowest BCUT2D eigenvalue weighted by Gasteiger charge is -2.10. The summed E-state index contributed by atoms with van der Waals surface area (Å²) in [6.45, 7) is 0. The highest BCUT2D eigenvalue weighted by molar-refractivity contribution is 7.99. The molecule has 2 aromatic rings. The van der Waals surface area contributed by atoms with E-state index in [1.165, 1.54) is 26.0 Å². The van der Waals surface area contributed by atoms with Gasteiger partial charge in [-0.3, -0.25) is 14.4 Å². The van der Waals surface area contributed by atoms with Gasteiger partial charge in [-0.25, -0.2) is 0 Å². The average Bonchev–Trinajstić information content (AvgIpc) is 2.72. The lowest BCUT2D eigenvalue weighted by Crippen LogP contribution is -2.13. The quantitative estimate of drug-likeness (QED) is 0.391. The van der Waals surface area contributed by atoms with Crippen LogP contribution in [-0.2, 0) is 14.3 Å². The summed E-state index contributed by atoms with van der Waals surface area (Å²) >= 11 is 1.30. The smallest absolute Gasteiger partial charge is 0.315 e. The van der Waals surface area contributed by atoms with Crippen LogP contribution < -0.4 is 14.8 Å². The Morgan fingerprint density at radius 2 is 1.68 bits per heavy atom. The SMILES string of the molecule is COC(=O)CSCCC(=O)Oc1ccc(NC(=O)c2ccccc2OC)cc1. The molecule has 0 unspecified atom stereocenters. The predicted octanol–water partition coefficient (Wildman–Crippen LogP) is 3.15. The molecule has 0 saturated heterocycles. The van der Waals surface area contributed by atoms with Gasteiger partial charge in [-0.15, -0.1) is 11.8 Å². The first kappa shape index (κ1) is 21.3. The molecule has 0 atom stereocenters. The van der Waals surface area contributed by atoms with E-state index in [9.17, 15) is 14.4 Å². The number of benzene rings is 2. The van der Waals surface area contributed by atoms with Gasteiger partial charge in [-0.05, 0) is 36.4 Å². The summed E-state index contributed by atoms with van der Waals surface area (Å²) in [6, 6.07) is 13.4. The zero-order valence-electron chi connectivity index (χ0n) is 15.6. The number of para-hydroxylation sites is 1. The number of esters is 2. The molecule has 8 heteroatoms. The molecule has 7 nitrogen and oxygen atoms in total. The number of amides is 1. The number of hydrogen-bond donors (Lipinski definition) is 1. The maximum Gasteiger partial charge on any atom is 0.315 e. The molecule has 0 fully saturated rings. The number of carbonyl (C=O) groups excluding carboxylic acids is 3. The molecule has 2 aromatic carbocycles. The first-order valence-electron chi connectivity index (χ1n) is 8.43. The monoisotopic (exact) mass is 403 g/mol. The Morgan fingerprint density at radius 1 is 0.964 bits per heavy atom. The molecular weight excluding hydrogens is 382 g/mol. The second kappa shape index (κ2) is 11.0. The Balaban J connectivity index is 1.83. The van der Waals surface area contributed by atoms with Crippen molar-refractivity contribution in [3.05, 3.63) is 54.1 Å². The van der Waals surface area contributed by atoms with Gasteiger partial charge in [0.15, 0.2) is 0 Å². The van der Waals surface area contributed by atoms with Crippen LogP contribution >= 0.6 is 11.8 Å². The van der Waals surface area contributed by atoms with Gasteiger partial charge in [0.1, 0.15) is 11.5 Å². The largest absolute Gasteiger partial charge is 0.496 e. The van der Waals surface area contributed by atoms with Crippen LogP contribution in [0.2, 0.25) is 0 Å². The molecular formula is C20H21NO6S. The second-order valence-electron chi connectivity index (χ2n) is 5.53. The Labute approximate surface area is 167 Å². The first-order chi connectivity index (χ1) is 13.5. The molecule has 0 aliphatic carbocycles. The maximum absolute atomic E-state index is 12.4. The number of rotatable bonds is 9. The molecule has 0 heterocycles. The fourth-order valence-electron chi connectivity index (χ4n) is 2.19. The van der Waals surface area contributed by atoms with E-state index in [0.717, 1.165) is 0 Å². The van der Waals surface area contributed by atoms with Crippen LogP contribution in [0.25, 0.3) is 0 Å². The van der Waals surface area contributed by atoms with Gasteiger partial charge in [-0.2, -0.15) is 0 Å². The number of nitrogens with one attached hydrogen (secondary N) is 1. The van der Waals surface area contributed by atoms with E-state index in [-0.39, 0.29) is 24.1 Å². The van der Waals surface area contributed by atoms with Crippen molar-refractivity contribution in [2.24, 2.45) is 0 Å². The molecule has 2 rings (SSSR count). The van der Waals surface area contributed by atoms with Crippen molar-refractivity contribution >= 4 is 35.3 Å². The number of carbonyl (C=O) groups is 3. The molecule has 0 spiro atoms. The topological polar surface area (TPSA) is 90.9 Å². The van der Waals surface area contributed by atoms with E-state index in [1.54, 1.807) is 48.5 Å². The van der Waals surface area contributed by atoms with Crippen LogP contribution in [0.5, 0.6) is 11.5 Å². The van der Waals surface area contributed by atoms with Crippen LogP contribution in [0.15, 0.2) is 48.5 Å². The summed E-state index contributed by atoms with van der Waals surface area (Å²) in [7, 11) is 2.82. The first-order valence-corrected chi connectivity index (χ1v) is 9.58. The standard InChI is InChI=1S/C20H21NO6S/c1-25-17-6-4-3-5-16(17)20(24)21-14-7-9-15(10-8-14)27-18(22)11-12-28-13-19(23)26-2/h3-10H,11-13H2,1-2H3,(H,21,24). The highest BCUT2D eigenvalue weighted by Crippen LogP contribution is 2.21. The van der Waals surface area contributed by atoms with Crippen molar-refractivity contribution in [2.45, 2.75) is 6.42 Å². The lowest BCUT2D eigenvalue weighted by atomic mass is 10.2. The van der Waals surface area contributed by atoms with E-state index in [0.29, 0.717) is 28.5 Å². The van der Waals surface area contributed by atoms with E-state index < -0.39 is 5.97 Å². The highest BCUT2D eigenvalue weighted by Gasteiger charge is 2.12. The molecule has 0 bridgehead atoms. The summed E-state index contributed by atoms with van der Waals surface area (Å²) in [5.41, 5.74) is 0.981. The third kappa shape index (κ3) is 6.62. The second-order valence-corrected chi connectivity index (χ2v) is 6.64. The van der Waals surface area contributed by atoms with Gasteiger partial charge < -0.3 is 19.5 Å². The summed E-state index contributed by atoms with van der Waals surface area (Å²) in [6.07, 6.45) is 0.175. The minimum Gasteiger partial charge on any atom is -0.496 e. The number of hydrogen-bond acceptors (Lipinski definition) is 7. The number of thioether (sulfide) groups is 1. The molecule has 1 N–H and O–H groups in total. The van der Waals surface area contributed by atoms with Gasteiger partial charge in [0.05, 0.1) is 32.0 Å². The Bertz CT molecular complexity index is 822. The average molecular weight is 403 g/mol. The maximum atomic E-state index is 12.4. The molecule has 148 valence electrons. The van der Waals surface area contributed by atoms with Gasteiger partial charge in [-0.1, -0.05) is 12.1 Å². The molecule has 28 heavy (non-hydrogen) atoms. The van der Waals surface area contributed by atoms with Gasteiger partial charge in [0.2, 0.25) is 0 Å². The van der Waals surface area contributed by atoms with Crippen LogP contribution in [-0.4, -0.2) is 43.6 Å². The minimum absolute atomic E-state index is 0.175. The van der Waals surface area contributed by atoms with Crippen molar-refractivity contribution in [3.63, 3.8) is 0 Å². The number of ether oxygens (including phenoxy) is 3. The van der Waals surface area contributed by atoms with Crippen molar-refractivity contribution in [1.82, 2.24) is 0 Å². The molecule has 0 aliphatic rings. The highest BCUT2D eigenvalue weighted by atomic mass is 32.2. The van der Waals surface area contributed by atoms with Crippen molar-refractivity contribution < 1.29 is 28.6 Å². The zero-order valence-corrected chi connectivity index (χ0v) is 16.4. The van der Waals surface area contributed by atoms with E-state index in [1.807, 2.05) is 0 Å². The van der Waals surface area contributed by atoms with E-state index >= 15 is 0 Å². The van der Waals surface area contributed by atoms with Gasteiger partial charge >= 0.3 is 11.9 Å². The van der Waals surface area contributed by atoms with E-state index in [4.69, 9.17) is 9.47 Å². The fourth-order valence-corrected chi connectivity index (χ4v) is 2.93. The molecule has 0 aromatic heterocycles. The van der Waals surface area contributed by atoms with Crippen molar-refractivity contribution in [3.8, 4) is 11.5 Å². The van der Waals surface area contributed by atoms with Gasteiger partial charge in [0.25, 0.3) is 5.91 Å². The van der Waals surface area contributed by atoms with Crippen LogP contribution in [0.1, 0.15) is 16.8 Å². The van der Waals surface area contributed by atoms with Crippen LogP contribution in [0.3, 0.4) is 0 Å². The predicted molar refractivity (Wildman–Crippen MR) is 107 cm³/mol. The minimum atomic E-state index is -0.400. The summed E-state index contributed by atoms with van der Waals surface area (Å²) in [5, 5.41) is 2.76. The molecule has 0 radical (unpaired) electrons. The summed E-state index contributed by atoms with van der Waals surface area (Å²) in [5.74, 6) is 0.483. The van der Waals surface area contributed by atoms with Crippen molar-refractivity contribution in [1.29, 1.82) is 0 Å². The molecule has 1 amide bonds. The summed E-state index contributed by atoms with van der Waals surface area (Å²) < 4.78 is 14.9. The number of anilines is 1. The number of methoxy groups -OCH3 is 2. The zero-order chi connectivity index (χ0) is 20.4. The Kier molecular flexibility index (Phi) is 8.36. The Hall–Kier alpha value is -3.00. The van der Waals surface area contributed by atoms with Crippen LogP contribution in [0, 0.1) is 0 Å². The van der Waals surface area contributed by atoms with E-state index in [2.05, 4.69) is 10.1 Å². The third-order valence-corrected chi connectivity index (χ3v) is 4.53. The molecule has 0 aliphatic heterocycles.